The summed E-state index contributed by atoms with van der Waals surface area (Å²) in [6.07, 6.45) is 6.87. The summed E-state index contributed by atoms with van der Waals surface area (Å²) in [4.78, 5) is 26.1. The second kappa shape index (κ2) is 10.8. The number of amides is 1. The third-order valence-corrected chi connectivity index (χ3v) is 2.99. The fourth-order valence-corrected chi connectivity index (χ4v) is 1.80. The van der Waals surface area contributed by atoms with Crippen molar-refractivity contribution in [2.24, 2.45) is 0 Å². The van der Waals surface area contributed by atoms with Crippen LogP contribution in [0.3, 0.4) is 0 Å². The van der Waals surface area contributed by atoms with Gasteiger partial charge in [-0.25, -0.2) is 0 Å². The quantitative estimate of drug-likeness (QED) is 0.341. The first-order valence-electron chi connectivity index (χ1n) is 7.36. The van der Waals surface area contributed by atoms with Gasteiger partial charge in [-0.2, -0.15) is 5.26 Å². The fourth-order valence-electron chi connectivity index (χ4n) is 1.80. The van der Waals surface area contributed by atoms with E-state index in [1.807, 2.05) is 18.2 Å². The monoisotopic (exact) mass is 316 g/mol. The number of rotatable bonds is 10. The van der Waals surface area contributed by atoms with Gasteiger partial charge in [0.2, 0.25) is 0 Å². The summed E-state index contributed by atoms with van der Waals surface area (Å²) in [6, 6.07) is 5.54. The first kappa shape index (κ1) is 18.2. The molecule has 0 saturated heterocycles. The molecule has 1 aromatic rings. The Bertz CT molecular complexity index is 579. The highest BCUT2D eigenvalue weighted by Crippen LogP contribution is 2.00. The largest absolute Gasteiger partial charge is 0.481 e. The molecule has 0 unspecified atom stereocenters. The van der Waals surface area contributed by atoms with Gasteiger partial charge in [0.25, 0.3) is 5.91 Å². The van der Waals surface area contributed by atoms with Crippen molar-refractivity contribution in [3.63, 3.8) is 0 Å². The molecule has 23 heavy (non-hydrogen) atoms. The number of hydrogen-bond acceptors (Lipinski definition) is 5. The molecule has 0 aliphatic heterocycles. The number of carbonyl (C=O) groups is 2. The second-order valence-corrected chi connectivity index (χ2v) is 4.87. The lowest BCUT2D eigenvalue weighted by Crippen LogP contribution is -2.26. The van der Waals surface area contributed by atoms with Crippen molar-refractivity contribution in [2.45, 2.75) is 32.2 Å². The van der Waals surface area contributed by atoms with Crippen molar-refractivity contribution in [3.05, 3.63) is 41.9 Å². The van der Waals surface area contributed by atoms with Gasteiger partial charge in [0.1, 0.15) is 11.6 Å². The zero-order valence-corrected chi connectivity index (χ0v) is 12.8. The summed E-state index contributed by atoms with van der Waals surface area (Å²) in [7, 11) is 0. The van der Waals surface area contributed by atoms with Gasteiger partial charge in [0.05, 0.1) is 0 Å². The van der Waals surface area contributed by atoms with Gasteiger partial charge in [-0.05, 0) is 24.5 Å². The molecule has 1 heterocycles. The maximum atomic E-state index is 11.8. The number of pyridine rings is 1. The fraction of sp³-hybridized carbons (Fsp3) is 0.375. The Morgan fingerprint density at radius 1 is 1.35 bits per heavy atom. The van der Waals surface area contributed by atoms with Gasteiger partial charge >= 0.3 is 5.97 Å². The SMILES string of the molecule is N#C/C(=C/NCc1cccnc1)C(=O)NCCCCCC(=O)O. The van der Waals surface area contributed by atoms with Crippen LogP contribution in [0.2, 0.25) is 0 Å². The van der Waals surface area contributed by atoms with E-state index in [0.29, 0.717) is 25.9 Å². The smallest absolute Gasteiger partial charge is 0.303 e. The van der Waals surface area contributed by atoms with Gasteiger partial charge in [-0.1, -0.05) is 12.5 Å². The average Bonchev–Trinajstić information content (AvgIpc) is 2.55. The predicted octanol–water partition coefficient (Wildman–Crippen LogP) is 1.34. The first-order chi connectivity index (χ1) is 11.1. The minimum Gasteiger partial charge on any atom is -0.481 e. The number of nitrogens with zero attached hydrogens (tertiary/aromatic N) is 2. The topological polar surface area (TPSA) is 115 Å². The van der Waals surface area contributed by atoms with E-state index >= 15 is 0 Å². The highest BCUT2D eigenvalue weighted by Gasteiger charge is 2.07. The maximum absolute atomic E-state index is 11.8. The molecule has 0 aliphatic rings. The zero-order valence-electron chi connectivity index (χ0n) is 12.8. The molecule has 0 fully saturated rings. The lowest BCUT2D eigenvalue weighted by molar-refractivity contribution is -0.137. The zero-order chi connectivity index (χ0) is 16.9. The summed E-state index contributed by atoms with van der Waals surface area (Å²) >= 11 is 0. The van der Waals surface area contributed by atoms with Crippen LogP contribution in [0.1, 0.15) is 31.2 Å². The molecule has 0 aliphatic carbocycles. The molecule has 1 amide bonds. The normalized spacial score (nSPS) is 10.7. The van der Waals surface area contributed by atoms with E-state index in [-0.39, 0.29) is 12.0 Å². The number of aromatic nitrogens is 1. The summed E-state index contributed by atoms with van der Waals surface area (Å²) in [6.45, 7) is 0.890. The molecule has 0 bridgehead atoms. The van der Waals surface area contributed by atoms with Gasteiger partial charge in [-0.3, -0.25) is 14.6 Å². The molecule has 0 radical (unpaired) electrons. The highest BCUT2D eigenvalue weighted by atomic mass is 16.4. The Labute approximate surface area is 135 Å². The molecular weight excluding hydrogens is 296 g/mol. The molecule has 1 rings (SSSR count). The Hall–Kier alpha value is -2.88. The summed E-state index contributed by atoms with van der Waals surface area (Å²) in [5, 5.41) is 23.0. The van der Waals surface area contributed by atoms with Crippen molar-refractivity contribution < 1.29 is 14.7 Å². The number of hydrogen-bond donors (Lipinski definition) is 3. The van der Waals surface area contributed by atoms with E-state index in [2.05, 4.69) is 15.6 Å². The van der Waals surface area contributed by atoms with Gasteiger partial charge in [-0.15, -0.1) is 0 Å². The third kappa shape index (κ3) is 8.21. The molecule has 0 saturated carbocycles. The van der Waals surface area contributed by atoms with Crippen LogP contribution in [0.5, 0.6) is 0 Å². The number of nitrogens with one attached hydrogen (secondary N) is 2. The van der Waals surface area contributed by atoms with Crippen LogP contribution in [0.15, 0.2) is 36.3 Å². The molecule has 7 nitrogen and oxygen atoms in total. The van der Waals surface area contributed by atoms with Crippen LogP contribution in [0, 0.1) is 11.3 Å². The van der Waals surface area contributed by atoms with E-state index < -0.39 is 11.9 Å². The number of carbonyl (C=O) groups excluding carboxylic acids is 1. The van der Waals surface area contributed by atoms with E-state index in [0.717, 1.165) is 12.0 Å². The van der Waals surface area contributed by atoms with E-state index in [9.17, 15) is 9.59 Å². The molecular formula is C16H20N4O3. The Balaban J connectivity index is 2.27. The van der Waals surface area contributed by atoms with E-state index in [1.54, 1.807) is 12.4 Å². The Kier molecular flexibility index (Phi) is 8.52. The van der Waals surface area contributed by atoms with Crippen LogP contribution in [-0.4, -0.2) is 28.5 Å². The standard InChI is InChI=1S/C16H20N4O3/c17-9-14(12-19-11-13-5-4-7-18-10-13)16(23)20-8-3-1-2-6-15(21)22/h4-5,7,10,12,19H,1-3,6,8,11H2,(H,20,23)(H,21,22)/b14-12-. The van der Waals surface area contributed by atoms with Gasteiger partial charge in [0, 0.05) is 38.1 Å². The van der Waals surface area contributed by atoms with E-state index in [4.69, 9.17) is 10.4 Å². The van der Waals surface area contributed by atoms with Crippen LogP contribution < -0.4 is 10.6 Å². The number of carboxylic acid groups (broad SMARTS) is 1. The van der Waals surface area contributed by atoms with Crippen molar-refractivity contribution in [1.82, 2.24) is 15.6 Å². The molecule has 3 N–H and O–H groups in total. The molecule has 7 heteroatoms. The lowest BCUT2D eigenvalue weighted by atomic mass is 10.2. The lowest BCUT2D eigenvalue weighted by Gasteiger charge is -2.05. The number of carboxylic acids is 1. The van der Waals surface area contributed by atoms with Gasteiger partial charge < -0.3 is 15.7 Å². The Morgan fingerprint density at radius 3 is 2.83 bits per heavy atom. The summed E-state index contributed by atoms with van der Waals surface area (Å²) in [5.41, 5.74) is 0.944. The second-order valence-electron chi connectivity index (χ2n) is 4.87. The van der Waals surface area contributed by atoms with Crippen LogP contribution >= 0.6 is 0 Å². The molecule has 122 valence electrons. The maximum Gasteiger partial charge on any atom is 0.303 e. The molecule has 0 atom stereocenters. The van der Waals surface area contributed by atoms with Crippen molar-refractivity contribution in [3.8, 4) is 6.07 Å². The Morgan fingerprint density at radius 2 is 2.17 bits per heavy atom. The summed E-state index contributed by atoms with van der Waals surface area (Å²) < 4.78 is 0. The van der Waals surface area contributed by atoms with Crippen LogP contribution in [-0.2, 0) is 16.1 Å². The van der Waals surface area contributed by atoms with Crippen LogP contribution in [0.25, 0.3) is 0 Å². The molecule has 0 spiro atoms. The minimum atomic E-state index is -0.816. The minimum absolute atomic E-state index is 0.000531. The van der Waals surface area contributed by atoms with Crippen molar-refractivity contribution >= 4 is 11.9 Å². The third-order valence-electron chi connectivity index (χ3n) is 2.99. The van der Waals surface area contributed by atoms with E-state index in [1.165, 1.54) is 6.20 Å². The first-order valence-corrected chi connectivity index (χ1v) is 7.36. The summed E-state index contributed by atoms with van der Waals surface area (Å²) in [5.74, 6) is -1.26. The van der Waals surface area contributed by atoms with Crippen molar-refractivity contribution in [1.29, 1.82) is 5.26 Å². The number of aliphatic carboxylic acids is 1. The number of nitriles is 1. The average molecular weight is 316 g/mol. The molecule has 1 aromatic heterocycles. The highest BCUT2D eigenvalue weighted by molar-refractivity contribution is 5.97. The van der Waals surface area contributed by atoms with Crippen molar-refractivity contribution in [2.75, 3.05) is 6.54 Å². The predicted molar refractivity (Wildman–Crippen MR) is 83.9 cm³/mol. The molecule has 0 aromatic carbocycles. The van der Waals surface area contributed by atoms with Gasteiger partial charge in [0.15, 0.2) is 0 Å². The number of unbranched alkanes of at least 4 members (excludes halogenated alkanes) is 2. The van der Waals surface area contributed by atoms with Crippen LogP contribution in [0.4, 0.5) is 0 Å².